The van der Waals surface area contributed by atoms with Crippen LogP contribution in [0, 0.1) is 16.0 Å². The fourth-order valence-electron chi connectivity index (χ4n) is 3.18. The molecule has 1 aliphatic rings. The zero-order valence-corrected chi connectivity index (χ0v) is 14.9. The van der Waals surface area contributed by atoms with E-state index in [0.717, 1.165) is 0 Å². The van der Waals surface area contributed by atoms with Crippen molar-refractivity contribution in [3.63, 3.8) is 0 Å². The van der Waals surface area contributed by atoms with Crippen molar-refractivity contribution in [2.75, 3.05) is 11.9 Å². The van der Waals surface area contributed by atoms with Crippen LogP contribution >= 0.6 is 0 Å². The van der Waals surface area contributed by atoms with Gasteiger partial charge < -0.3 is 9.88 Å². The number of nitro benzene ring substituents is 1. The Morgan fingerprint density at radius 1 is 1.35 bits per heavy atom. The number of nitrogens with one attached hydrogen (secondary N) is 3. The zero-order valence-electron chi connectivity index (χ0n) is 14.9. The topological polar surface area (TPSA) is 114 Å². The van der Waals surface area contributed by atoms with Crippen LogP contribution in [0.4, 0.5) is 11.4 Å². The van der Waals surface area contributed by atoms with Crippen LogP contribution < -0.4 is 16.2 Å². The lowest BCUT2D eigenvalue weighted by atomic mass is 9.96. The number of imidazole rings is 1. The quantitative estimate of drug-likeness (QED) is 0.407. The molecule has 2 aromatic rings. The molecule has 0 aliphatic carbocycles. The van der Waals surface area contributed by atoms with Gasteiger partial charge in [-0.1, -0.05) is 0 Å². The Kier molecular flexibility index (Phi) is 5.01. The molecule has 2 unspecified atom stereocenters. The number of aromatic nitrogens is 2. The Labute approximate surface area is 150 Å². The van der Waals surface area contributed by atoms with Gasteiger partial charge in [-0.05, 0) is 26.0 Å². The van der Waals surface area contributed by atoms with Crippen molar-refractivity contribution < 1.29 is 9.72 Å². The monoisotopic (exact) mass is 358 g/mol. The molecule has 2 heterocycles. The maximum atomic E-state index is 12.5. The minimum absolute atomic E-state index is 0.121. The first-order valence-corrected chi connectivity index (χ1v) is 8.44. The third kappa shape index (κ3) is 3.44. The van der Waals surface area contributed by atoms with Gasteiger partial charge in [-0.2, -0.15) is 0 Å². The van der Waals surface area contributed by atoms with Crippen molar-refractivity contribution in [2.45, 2.75) is 25.9 Å². The lowest BCUT2D eigenvalue weighted by Gasteiger charge is -2.19. The van der Waals surface area contributed by atoms with Crippen molar-refractivity contribution in [3.8, 4) is 0 Å². The van der Waals surface area contributed by atoms with Gasteiger partial charge in [-0.15, -0.1) is 0 Å². The molecule has 0 spiro atoms. The van der Waals surface area contributed by atoms with Crippen molar-refractivity contribution in [2.24, 2.45) is 13.0 Å². The Morgan fingerprint density at radius 2 is 2.04 bits per heavy atom. The van der Waals surface area contributed by atoms with Crippen molar-refractivity contribution >= 4 is 17.2 Å². The summed E-state index contributed by atoms with van der Waals surface area (Å²) >= 11 is 0. The lowest BCUT2D eigenvalue weighted by Crippen LogP contribution is -2.30. The molecule has 26 heavy (non-hydrogen) atoms. The second-order valence-electron chi connectivity index (χ2n) is 6.59. The molecule has 0 radical (unpaired) electrons. The molecule has 1 saturated heterocycles. The molecular formula is C17H22N6O3. The van der Waals surface area contributed by atoms with Gasteiger partial charge in [0.05, 0.1) is 4.92 Å². The number of rotatable bonds is 6. The molecule has 138 valence electrons. The summed E-state index contributed by atoms with van der Waals surface area (Å²) in [5, 5.41) is 14.6. The average Bonchev–Trinajstić information content (AvgIpc) is 3.18. The molecule has 9 nitrogen and oxygen atoms in total. The maximum absolute atomic E-state index is 12.5. The summed E-state index contributed by atoms with van der Waals surface area (Å²) in [6.07, 6.45) is 3.17. The van der Waals surface area contributed by atoms with Crippen LogP contribution in [0.15, 0.2) is 30.6 Å². The molecule has 0 amide bonds. The van der Waals surface area contributed by atoms with Crippen LogP contribution in [-0.2, 0) is 7.05 Å². The highest BCUT2D eigenvalue weighted by atomic mass is 16.6. The van der Waals surface area contributed by atoms with E-state index in [-0.39, 0.29) is 40.9 Å². The fourth-order valence-corrected chi connectivity index (χ4v) is 3.18. The third-order valence-corrected chi connectivity index (χ3v) is 4.83. The zero-order chi connectivity index (χ0) is 18.8. The average molecular weight is 358 g/mol. The van der Waals surface area contributed by atoms with Gasteiger partial charge in [0.1, 0.15) is 5.69 Å². The number of benzene rings is 1. The highest BCUT2D eigenvalue weighted by Gasteiger charge is 2.30. The molecule has 0 bridgehead atoms. The Bertz CT molecular complexity index is 824. The Balaban J connectivity index is 1.82. The summed E-state index contributed by atoms with van der Waals surface area (Å²) in [5.41, 5.74) is 6.84. The first-order chi connectivity index (χ1) is 12.4. The van der Waals surface area contributed by atoms with Gasteiger partial charge in [0, 0.05) is 55.6 Å². The highest BCUT2D eigenvalue weighted by molar-refractivity contribution is 6.07. The number of nitrogens with zero attached hydrogens (tertiary/aromatic N) is 3. The summed E-state index contributed by atoms with van der Waals surface area (Å²) < 4.78 is 1.59. The molecule has 9 heteroatoms. The number of anilines is 1. The molecule has 2 atom stereocenters. The van der Waals surface area contributed by atoms with E-state index in [2.05, 4.69) is 35.0 Å². The van der Waals surface area contributed by atoms with Gasteiger partial charge in [-0.25, -0.2) is 4.98 Å². The second kappa shape index (κ2) is 7.22. The Hall–Kier alpha value is -2.78. The number of ketones is 1. The molecule has 1 aromatic carbocycles. The first kappa shape index (κ1) is 18.0. The van der Waals surface area contributed by atoms with E-state index in [4.69, 9.17) is 0 Å². The van der Waals surface area contributed by atoms with Gasteiger partial charge in [0.15, 0.2) is 5.82 Å². The first-order valence-electron chi connectivity index (χ1n) is 8.44. The van der Waals surface area contributed by atoms with Crippen LogP contribution in [-0.4, -0.2) is 38.9 Å². The summed E-state index contributed by atoms with van der Waals surface area (Å²) in [6.45, 7) is 4.70. The van der Waals surface area contributed by atoms with Crippen LogP contribution in [0.1, 0.15) is 30.0 Å². The minimum Gasteiger partial charge on any atom is -0.379 e. The minimum atomic E-state index is -0.477. The maximum Gasteiger partial charge on any atom is 0.293 e. The van der Waals surface area contributed by atoms with Crippen LogP contribution in [0.2, 0.25) is 0 Å². The number of hydrazine groups is 1. The summed E-state index contributed by atoms with van der Waals surface area (Å²) in [6, 6.07) is 4.97. The van der Waals surface area contributed by atoms with Crippen LogP contribution in [0.3, 0.4) is 0 Å². The van der Waals surface area contributed by atoms with Crippen LogP contribution in [0.5, 0.6) is 0 Å². The van der Waals surface area contributed by atoms with Crippen LogP contribution in [0.25, 0.3) is 0 Å². The van der Waals surface area contributed by atoms with Gasteiger partial charge in [0.25, 0.3) is 5.69 Å². The second-order valence-corrected chi connectivity index (χ2v) is 6.59. The number of aryl methyl sites for hydroxylation is 1. The molecule has 1 aromatic heterocycles. The van der Waals surface area contributed by atoms with Gasteiger partial charge >= 0.3 is 0 Å². The normalized spacial score (nSPS) is 22.3. The van der Waals surface area contributed by atoms with E-state index in [1.54, 1.807) is 29.9 Å². The third-order valence-electron chi connectivity index (χ3n) is 4.83. The number of hydrogen-bond donors (Lipinski definition) is 3. The number of hydrogen-bond acceptors (Lipinski definition) is 7. The number of carbonyl (C=O) groups excluding carboxylic acids is 1. The smallest absolute Gasteiger partial charge is 0.293 e. The van der Waals surface area contributed by atoms with Crippen molar-refractivity contribution in [1.82, 2.24) is 20.4 Å². The summed E-state index contributed by atoms with van der Waals surface area (Å²) in [7, 11) is 1.70. The van der Waals surface area contributed by atoms with Gasteiger partial charge in [0.2, 0.25) is 5.78 Å². The summed E-state index contributed by atoms with van der Waals surface area (Å²) in [4.78, 5) is 27.5. The van der Waals surface area contributed by atoms with E-state index in [1.165, 1.54) is 12.3 Å². The predicted molar refractivity (Wildman–Crippen MR) is 96.9 cm³/mol. The van der Waals surface area contributed by atoms with E-state index in [1.807, 2.05) is 0 Å². The molecule has 0 saturated carbocycles. The highest BCUT2D eigenvalue weighted by Crippen LogP contribution is 2.27. The number of nitro groups is 1. The van der Waals surface area contributed by atoms with Gasteiger partial charge in [-0.3, -0.25) is 25.8 Å². The standard InChI is InChI=1S/C17H22N6O3/c1-10-13(11(2)21-20-10)9-19-14-5-4-12(8-15(14)23(25)26)16(24)17-18-6-7-22(17)3/h4-8,10-11,13,19-21H,9H2,1-3H3. The summed E-state index contributed by atoms with van der Waals surface area (Å²) in [5.74, 6) is 0.174. The largest absolute Gasteiger partial charge is 0.379 e. The van der Waals surface area contributed by atoms with Crippen molar-refractivity contribution in [3.05, 3.63) is 52.1 Å². The van der Waals surface area contributed by atoms with E-state index >= 15 is 0 Å². The molecule has 3 rings (SSSR count). The van der Waals surface area contributed by atoms with E-state index in [0.29, 0.717) is 12.2 Å². The predicted octanol–water partition coefficient (Wildman–Crippen LogP) is 1.47. The Morgan fingerprint density at radius 3 is 2.62 bits per heavy atom. The molecule has 1 aliphatic heterocycles. The molecular weight excluding hydrogens is 336 g/mol. The molecule has 3 N–H and O–H groups in total. The van der Waals surface area contributed by atoms with Crippen molar-refractivity contribution in [1.29, 1.82) is 0 Å². The van der Waals surface area contributed by atoms with E-state index in [9.17, 15) is 14.9 Å². The lowest BCUT2D eigenvalue weighted by molar-refractivity contribution is -0.384. The SMILES string of the molecule is CC1NNC(C)C1CNc1ccc(C(=O)c2nccn2C)cc1[N+](=O)[O-]. The fraction of sp³-hybridized carbons (Fsp3) is 0.412. The number of carbonyl (C=O) groups is 1. The molecule has 1 fully saturated rings. The van der Waals surface area contributed by atoms with E-state index < -0.39 is 4.92 Å².